The van der Waals surface area contributed by atoms with Gasteiger partial charge >= 0.3 is 0 Å². The van der Waals surface area contributed by atoms with Crippen molar-refractivity contribution in [1.82, 2.24) is 4.72 Å². The maximum Gasteiger partial charge on any atom is 0.241 e. The molecule has 2 aromatic carbocycles. The third kappa shape index (κ3) is 3.80. The zero-order valence-electron chi connectivity index (χ0n) is 13.0. The lowest BCUT2D eigenvalue weighted by atomic mass is 10.1. The average Bonchev–Trinajstić information content (AvgIpc) is 2.54. The van der Waals surface area contributed by atoms with Crippen LogP contribution in [0.25, 0.3) is 0 Å². The normalized spacial score (nSPS) is 12.7. The molecular weight excluding hydrogens is 321 g/mol. The monoisotopic (exact) mass is 339 g/mol. The maximum absolute atomic E-state index is 13.7. The number of hydrogen-bond donors (Lipinski definition) is 1. The van der Waals surface area contributed by atoms with Gasteiger partial charge in [-0.25, -0.2) is 17.5 Å². The second-order valence-electron chi connectivity index (χ2n) is 4.88. The van der Waals surface area contributed by atoms with Gasteiger partial charge in [0.25, 0.3) is 0 Å². The van der Waals surface area contributed by atoms with Gasteiger partial charge in [0.1, 0.15) is 5.75 Å². The average molecular weight is 339 g/mol. The third-order valence-electron chi connectivity index (χ3n) is 3.37. The van der Waals surface area contributed by atoms with Crippen LogP contribution in [0.4, 0.5) is 4.39 Å². The Bertz CT molecular complexity index is 792. The fourth-order valence-corrected chi connectivity index (χ4v) is 3.44. The van der Waals surface area contributed by atoms with Crippen molar-refractivity contribution in [3.8, 4) is 11.5 Å². The summed E-state index contributed by atoms with van der Waals surface area (Å²) in [6.45, 7) is 1.69. The van der Waals surface area contributed by atoms with Gasteiger partial charge in [-0.3, -0.25) is 0 Å². The highest BCUT2D eigenvalue weighted by Gasteiger charge is 2.21. The quantitative estimate of drug-likeness (QED) is 0.879. The first-order valence-corrected chi connectivity index (χ1v) is 8.36. The van der Waals surface area contributed by atoms with E-state index < -0.39 is 21.9 Å². The molecule has 2 rings (SSSR count). The lowest BCUT2D eigenvalue weighted by molar-refractivity contribution is 0.385. The number of hydrogen-bond acceptors (Lipinski definition) is 4. The van der Waals surface area contributed by atoms with Gasteiger partial charge in [-0.15, -0.1) is 0 Å². The minimum absolute atomic E-state index is 0.0123. The van der Waals surface area contributed by atoms with Crippen molar-refractivity contribution < 1.29 is 22.3 Å². The fraction of sp³-hybridized carbons (Fsp3) is 0.250. The predicted octanol–water partition coefficient (Wildman–Crippen LogP) is 2.88. The van der Waals surface area contributed by atoms with Crippen LogP contribution in [0.2, 0.25) is 0 Å². The number of methoxy groups -OCH3 is 2. The number of ether oxygens (including phenoxy) is 2. The first kappa shape index (κ1) is 17.2. The van der Waals surface area contributed by atoms with Gasteiger partial charge in [-0.1, -0.05) is 18.2 Å². The van der Waals surface area contributed by atoms with E-state index in [1.165, 1.54) is 26.4 Å². The molecular formula is C16H18FNO4S. The number of rotatable bonds is 6. The van der Waals surface area contributed by atoms with Crippen molar-refractivity contribution in [2.24, 2.45) is 0 Å². The molecule has 5 nitrogen and oxygen atoms in total. The molecule has 0 aromatic heterocycles. The summed E-state index contributed by atoms with van der Waals surface area (Å²) in [6.07, 6.45) is 0. The van der Waals surface area contributed by atoms with Crippen LogP contribution >= 0.6 is 0 Å². The van der Waals surface area contributed by atoms with Crippen LogP contribution in [0.15, 0.2) is 47.4 Å². The summed E-state index contributed by atoms with van der Waals surface area (Å²) in [5.74, 6) is -0.175. The largest absolute Gasteiger partial charge is 0.496 e. The minimum atomic E-state index is -3.88. The maximum atomic E-state index is 13.7. The SMILES string of the molecule is COc1ccc(S(=O)(=O)NC(C)c2ccccc2OC)cc1F. The van der Waals surface area contributed by atoms with Crippen LogP contribution < -0.4 is 14.2 Å². The molecule has 0 spiro atoms. The van der Waals surface area contributed by atoms with Gasteiger partial charge in [0.05, 0.1) is 19.1 Å². The van der Waals surface area contributed by atoms with Crippen molar-refractivity contribution in [1.29, 1.82) is 0 Å². The molecule has 1 unspecified atom stereocenters. The van der Waals surface area contributed by atoms with E-state index in [9.17, 15) is 12.8 Å². The van der Waals surface area contributed by atoms with Gasteiger partial charge in [-0.05, 0) is 31.2 Å². The van der Waals surface area contributed by atoms with Crippen LogP contribution in [0.5, 0.6) is 11.5 Å². The van der Waals surface area contributed by atoms with E-state index in [2.05, 4.69) is 4.72 Å². The number of benzene rings is 2. The molecule has 0 heterocycles. The first-order chi connectivity index (χ1) is 10.9. The highest BCUT2D eigenvalue weighted by molar-refractivity contribution is 7.89. The minimum Gasteiger partial charge on any atom is -0.496 e. The summed E-state index contributed by atoms with van der Waals surface area (Å²) in [6, 6.07) is 10.0. The lowest BCUT2D eigenvalue weighted by Gasteiger charge is -2.17. The van der Waals surface area contributed by atoms with Gasteiger partial charge in [0, 0.05) is 11.6 Å². The third-order valence-corrected chi connectivity index (χ3v) is 4.91. The van der Waals surface area contributed by atoms with E-state index in [1.807, 2.05) is 0 Å². The summed E-state index contributed by atoms with van der Waals surface area (Å²) in [5, 5.41) is 0. The summed E-state index contributed by atoms with van der Waals surface area (Å²) >= 11 is 0. The molecule has 0 saturated heterocycles. The Hall–Kier alpha value is -2.12. The second-order valence-corrected chi connectivity index (χ2v) is 6.60. The lowest BCUT2D eigenvalue weighted by Crippen LogP contribution is -2.27. The van der Waals surface area contributed by atoms with Gasteiger partial charge in [0.15, 0.2) is 11.6 Å². The number of halogens is 1. The molecule has 0 saturated carbocycles. The molecule has 0 aliphatic heterocycles. The molecule has 0 aliphatic carbocycles. The summed E-state index contributed by atoms with van der Waals surface area (Å²) in [4.78, 5) is -0.169. The van der Waals surface area contributed by atoms with Gasteiger partial charge < -0.3 is 9.47 Å². The Balaban J connectivity index is 2.29. The number of para-hydroxylation sites is 1. The number of nitrogens with one attached hydrogen (secondary N) is 1. The number of sulfonamides is 1. The van der Waals surface area contributed by atoms with Crippen molar-refractivity contribution >= 4 is 10.0 Å². The van der Waals surface area contributed by atoms with E-state index in [0.717, 1.165) is 6.07 Å². The summed E-state index contributed by atoms with van der Waals surface area (Å²) < 4.78 is 51.1. The Morgan fingerprint density at radius 2 is 1.70 bits per heavy atom. The van der Waals surface area contributed by atoms with Crippen LogP contribution in [-0.4, -0.2) is 22.6 Å². The molecule has 1 atom stereocenters. The molecule has 0 amide bonds. The van der Waals surface area contributed by atoms with E-state index in [1.54, 1.807) is 31.2 Å². The Morgan fingerprint density at radius 3 is 2.30 bits per heavy atom. The van der Waals surface area contributed by atoms with Crippen molar-refractivity contribution in [2.75, 3.05) is 14.2 Å². The Labute approximate surface area is 135 Å². The van der Waals surface area contributed by atoms with Crippen LogP contribution in [0.1, 0.15) is 18.5 Å². The van der Waals surface area contributed by atoms with Crippen LogP contribution in [0, 0.1) is 5.82 Å². The highest BCUT2D eigenvalue weighted by Crippen LogP contribution is 2.27. The molecule has 23 heavy (non-hydrogen) atoms. The molecule has 0 fully saturated rings. The van der Waals surface area contributed by atoms with Gasteiger partial charge in [0.2, 0.25) is 10.0 Å². The Morgan fingerprint density at radius 1 is 1.04 bits per heavy atom. The molecule has 0 bridgehead atoms. The van der Waals surface area contributed by atoms with Crippen LogP contribution in [-0.2, 0) is 10.0 Å². The smallest absolute Gasteiger partial charge is 0.241 e. The van der Waals surface area contributed by atoms with E-state index in [-0.39, 0.29) is 10.6 Å². The van der Waals surface area contributed by atoms with Crippen molar-refractivity contribution in [3.63, 3.8) is 0 Å². The highest BCUT2D eigenvalue weighted by atomic mass is 32.2. The molecule has 2 aromatic rings. The molecule has 0 radical (unpaired) electrons. The predicted molar refractivity (Wildman–Crippen MR) is 84.7 cm³/mol. The molecule has 1 N–H and O–H groups in total. The molecule has 124 valence electrons. The van der Waals surface area contributed by atoms with E-state index >= 15 is 0 Å². The molecule has 7 heteroatoms. The van der Waals surface area contributed by atoms with Gasteiger partial charge in [-0.2, -0.15) is 0 Å². The molecule has 0 aliphatic rings. The topological polar surface area (TPSA) is 64.6 Å². The summed E-state index contributed by atoms with van der Waals surface area (Å²) in [5.41, 5.74) is 0.688. The van der Waals surface area contributed by atoms with Crippen LogP contribution in [0.3, 0.4) is 0 Å². The Kier molecular flexibility index (Phi) is 5.23. The van der Waals surface area contributed by atoms with E-state index in [4.69, 9.17) is 9.47 Å². The fourth-order valence-electron chi connectivity index (χ4n) is 2.20. The van der Waals surface area contributed by atoms with Crippen molar-refractivity contribution in [3.05, 3.63) is 53.8 Å². The second kappa shape index (κ2) is 6.97. The van der Waals surface area contributed by atoms with E-state index in [0.29, 0.717) is 11.3 Å². The standard InChI is InChI=1S/C16H18FNO4S/c1-11(13-6-4-5-7-15(13)21-2)18-23(19,20)12-8-9-16(22-3)14(17)10-12/h4-11,18H,1-3H3. The summed E-state index contributed by atoms with van der Waals surface area (Å²) in [7, 11) is -1.05. The zero-order valence-corrected chi connectivity index (χ0v) is 13.9. The van der Waals surface area contributed by atoms with Crippen molar-refractivity contribution in [2.45, 2.75) is 17.9 Å². The first-order valence-electron chi connectivity index (χ1n) is 6.88. The zero-order chi connectivity index (χ0) is 17.0.